The molecule has 2 unspecified atom stereocenters. The molecule has 6 heteroatoms. The van der Waals surface area contributed by atoms with Gasteiger partial charge >= 0.3 is 0 Å². The highest BCUT2D eigenvalue weighted by Crippen LogP contribution is 2.30. The molecule has 2 rings (SSSR count). The third-order valence-electron chi connectivity index (χ3n) is 3.64. The molecule has 0 aromatic heterocycles. The summed E-state index contributed by atoms with van der Waals surface area (Å²) >= 11 is 1.93. The van der Waals surface area contributed by atoms with E-state index in [0.29, 0.717) is 10.9 Å². The van der Waals surface area contributed by atoms with Crippen LogP contribution in [0.25, 0.3) is 0 Å². The average molecular weight is 329 g/mol. The van der Waals surface area contributed by atoms with Gasteiger partial charge in [-0.2, -0.15) is 11.8 Å². The van der Waals surface area contributed by atoms with Crippen LogP contribution in [-0.4, -0.2) is 32.0 Å². The minimum Gasteiger partial charge on any atom is -0.382 e. The fraction of sp³-hybridized carbons (Fsp3) is 0.600. The first-order chi connectivity index (χ1) is 9.90. The molecule has 0 spiro atoms. The number of sulfonamides is 1. The van der Waals surface area contributed by atoms with Gasteiger partial charge in [-0.25, -0.2) is 13.1 Å². The molecule has 1 saturated carbocycles. The van der Waals surface area contributed by atoms with Crippen molar-refractivity contribution in [2.24, 2.45) is 0 Å². The number of anilines is 1. The van der Waals surface area contributed by atoms with Crippen molar-refractivity contribution in [2.45, 2.75) is 55.3 Å². The molecule has 2 atom stereocenters. The highest BCUT2D eigenvalue weighted by Gasteiger charge is 2.23. The van der Waals surface area contributed by atoms with Crippen molar-refractivity contribution in [3.05, 3.63) is 24.3 Å². The summed E-state index contributed by atoms with van der Waals surface area (Å²) in [6.45, 7) is 3.63. The Labute approximate surface area is 132 Å². The molecule has 118 valence electrons. The van der Waals surface area contributed by atoms with E-state index >= 15 is 0 Å². The molecule has 1 aliphatic rings. The number of benzene rings is 1. The number of hydrogen-bond acceptors (Lipinski definition) is 4. The van der Waals surface area contributed by atoms with Crippen LogP contribution < -0.4 is 10.0 Å². The van der Waals surface area contributed by atoms with Crippen LogP contribution in [0.5, 0.6) is 0 Å². The Kier molecular flexibility index (Phi) is 5.57. The van der Waals surface area contributed by atoms with Crippen LogP contribution in [-0.2, 0) is 10.0 Å². The fourth-order valence-corrected chi connectivity index (χ4v) is 4.68. The number of hydrogen-bond donors (Lipinski definition) is 2. The molecule has 1 aromatic carbocycles. The predicted molar refractivity (Wildman–Crippen MR) is 90.5 cm³/mol. The van der Waals surface area contributed by atoms with E-state index in [1.165, 1.54) is 19.3 Å². The van der Waals surface area contributed by atoms with Gasteiger partial charge in [0.15, 0.2) is 0 Å². The van der Waals surface area contributed by atoms with Gasteiger partial charge in [0.05, 0.1) is 4.90 Å². The van der Waals surface area contributed by atoms with E-state index < -0.39 is 10.0 Å². The zero-order valence-electron chi connectivity index (χ0n) is 12.8. The standard InChI is InChI=1S/C15H24N2O2S2/c1-11(2)17-21(18,19)15-8-5-12(6-9-15)16-13-4-7-14(10-13)20-3/h5-6,8-9,11,13-14,16-17H,4,7,10H2,1-3H3. The van der Waals surface area contributed by atoms with Crippen LogP contribution in [0.3, 0.4) is 0 Å². The number of rotatable bonds is 6. The summed E-state index contributed by atoms with van der Waals surface area (Å²) in [4.78, 5) is 0.315. The van der Waals surface area contributed by atoms with E-state index in [2.05, 4.69) is 16.3 Å². The normalized spacial score (nSPS) is 22.7. The lowest BCUT2D eigenvalue weighted by molar-refractivity contribution is 0.570. The molecule has 0 aliphatic heterocycles. The first-order valence-corrected chi connectivity index (χ1v) is 10.1. The summed E-state index contributed by atoms with van der Waals surface area (Å²) < 4.78 is 26.7. The van der Waals surface area contributed by atoms with Crippen LogP contribution in [0, 0.1) is 0 Å². The van der Waals surface area contributed by atoms with Gasteiger partial charge < -0.3 is 5.32 Å². The summed E-state index contributed by atoms with van der Waals surface area (Å²) in [6.07, 6.45) is 5.77. The molecule has 1 aromatic rings. The monoisotopic (exact) mass is 328 g/mol. The van der Waals surface area contributed by atoms with Crippen molar-refractivity contribution in [2.75, 3.05) is 11.6 Å². The van der Waals surface area contributed by atoms with Crippen LogP contribution in [0.1, 0.15) is 33.1 Å². The average Bonchev–Trinajstić information content (AvgIpc) is 2.85. The van der Waals surface area contributed by atoms with Crippen LogP contribution in [0.2, 0.25) is 0 Å². The summed E-state index contributed by atoms with van der Waals surface area (Å²) in [7, 11) is -3.40. The number of nitrogens with one attached hydrogen (secondary N) is 2. The summed E-state index contributed by atoms with van der Waals surface area (Å²) in [5.41, 5.74) is 0.991. The SMILES string of the molecule is CSC1CCC(Nc2ccc(S(=O)(=O)NC(C)C)cc2)C1. The van der Waals surface area contributed by atoms with Crippen LogP contribution in [0.4, 0.5) is 5.69 Å². The summed E-state index contributed by atoms with van der Waals surface area (Å²) in [6, 6.07) is 7.42. The van der Waals surface area contributed by atoms with E-state index in [1.54, 1.807) is 12.1 Å². The molecule has 2 N–H and O–H groups in total. The molecule has 1 aliphatic carbocycles. The first-order valence-electron chi connectivity index (χ1n) is 7.32. The third-order valence-corrected chi connectivity index (χ3v) is 6.41. The predicted octanol–water partition coefficient (Wildman–Crippen LogP) is 3.07. The molecule has 0 bridgehead atoms. The van der Waals surface area contributed by atoms with Gasteiger partial charge in [0.25, 0.3) is 0 Å². The zero-order valence-corrected chi connectivity index (χ0v) is 14.4. The van der Waals surface area contributed by atoms with Crippen molar-refractivity contribution in [1.29, 1.82) is 0 Å². The van der Waals surface area contributed by atoms with E-state index in [0.717, 1.165) is 10.9 Å². The largest absolute Gasteiger partial charge is 0.382 e. The minimum atomic E-state index is -3.40. The van der Waals surface area contributed by atoms with Gasteiger partial charge in [0, 0.05) is 23.0 Å². The van der Waals surface area contributed by atoms with Crippen LogP contribution >= 0.6 is 11.8 Å². The Balaban J connectivity index is 1.99. The van der Waals surface area contributed by atoms with Crippen molar-refractivity contribution in [3.63, 3.8) is 0 Å². The Morgan fingerprint density at radius 2 is 1.86 bits per heavy atom. The van der Waals surface area contributed by atoms with Crippen LogP contribution in [0.15, 0.2) is 29.2 Å². The van der Waals surface area contributed by atoms with Gasteiger partial charge in [-0.15, -0.1) is 0 Å². The fourth-order valence-electron chi connectivity index (χ4n) is 2.63. The van der Waals surface area contributed by atoms with Crippen molar-refractivity contribution in [1.82, 2.24) is 4.72 Å². The maximum atomic E-state index is 12.0. The van der Waals surface area contributed by atoms with Crippen molar-refractivity contribution >= 4 is 27.5 Å². The minimum absolute atomic E-state index is 0.102. The van der Waals surface area contributed by atoms with Gasteiger partial charge in [-0.05, 0) is 63.6 Å². The molecule has 0 radical (unpaired) electrons. The highest BCUT2D eigenvalue weighted by atomic mass is 32.2. The third kappa shape index (κ3) is 4.63. The van der Waals surface area contributed by atoms with Gasteiger partial charge in [-0.1, -0.05) is 0 Å². The Morgan fingerprint density at radius 1 is 1.19 bits per heavy atom. The zero-order chi connectivity index (χ0) is 15.5. The van der Waals surface area contributed by atoms with E-state index in [9.17, 15) is 8.42 Å². The van der Waals surface area contributed by atoms with E-state index in [-0.39, 0.29) is 6.04 Å². The Bertz CT molecular complexity index is 556. The molecule has 0 saturated heterocycles. The molecule has 0 heterocycles. The van der Waals surface area contributed by atoms with Gasteiger partial charge in [0.2, 0.25) is 10.0 Å². The lowest BCUT2D eigenvalue weighted by atomic mass is 10.2. The molecule has 21 heavy (non-hydrogen) atoms. The van der Waals surface area contributed by atoms with Gasteiger partial charge in [0.1, 0.15) is 0 Å². The lowest BCUT2D eigenvalue weighted by Crippen LogP contribution is -2.30. The Morgan fingerprint density at radius 3 is 2.38 bits per heavy atom. The first kappa shape index (κ1) is 16.6. The molecular formula is C15H24N2O2S2. The molecule has 4 nitrogen and oxygen atoms in total. The highest BCUT2D eigenvalue weighted by molar-refractivity contribution is 7.99. The maximum absolute atomic E-state index is 12.0. The quantitative estimate of drug-likeness (QED) is 0.842. The van der Waals surface area contributed by atoms with Crippen molar-refractivity contribution in [3.8, 4) is 0 Å². The van der Waals surface area contributed by atoms with Crippen molar-refractivity contribution < 1.29 is 8.42 Å². The molecular weight excluding hydrogens is 304 g/mol. The summed E-state index contributed by atoms with van der Waals surface area (Å²) in [5, 5.41) is 4.24. The summed E-state index contributed by atoms with van der Waals surface area (Å²) in [5.74, 6) is 0. The molecule has 1 fully saturated rings. The van der Waals surface area contributed by atoms with E-state index in [4.69, 9.17) is 0 Å². The van der Waals surface area contributed by atoms with E-state index in [1.807, 2.05) is 37.7 Å². The lowest BCUT2D eigenvalue weighted by Gasteiger charge is -2.15. The second kappa shape index (κ2) is 7.03. The second-order valence-corrected chi connectivity index (χ2v) is 8.66. The smallest absolute Gasteiger partial charge is 0.240 e. The number of thioether (sulfide) groups is 1. The second-order valence-electron chi connectivity index (χ2n) is 5.81. The maximum Gasteiger partial charge on any atom is 0.240 e. The topological polar surface area (TPSA) is 58.2 Å². The van der Waals surface area contributed by atoms with Gasteiger partial charge in [-0.3, -0.25) is 0 Å². The molecule has 0 amide bonds. The Hall–Kier alpha value is -0.720.